The number of aromatic nitrogens is 2. The molecule has 0 aliphatic carbocycles. The van der Waals surface area contributed by atoms with Crippen LogP contribution >= 0.6 is 0 Å². The normalized spacial score (nSPS) is 11.8. The number of hydrogen-bond donors (Lipinski definition) is 2. The number of pyridine rings is 2. The van der Waals surface area contributed by atoms with Gasteiger partial charge in [0.05, 0.1) is 6.04 Å². The predicted molar refractivity (Wildman–Crippen MR) is 67.5 cm³/mol. The van der Waals surface area contributed by atoms with Crippen LogP contribution in [0.25, 0.3) is 0 Å². The van der Waals surface area contributed by atoms with Crippen LogP contribution in [0.15, 0.2) is 42.7 Å². The summed E-state index contributed by atoms with van der Waals surface area (Å²) in [5.74, 6) is -0.501. The molecular formula is C13H13N3O2. The molecule has 0 radical (unpaired) electrons. The van der Waals surface area contributed by atoms with Crippen LogP contribution in [0.5, 0.6) is 0 Å². The zero-order chi connectivity index (χ0) is 13.0. The van der Waals surface area contributed by atoms with Crippen molar-refractivity contribution in [2.45, 2.75) is 13.0 Å². The van der Waals surface area contributed by atoms with E-state index >= 15 is 0 Å². The molecule has 0 bridgehead atoms. The van der Waals surface area contributed by atoms with E-state index in [1.807, 2.05) is 19.1 Å². The SMILES string of the molecule is CC(Nc1cccc(C(=O)O)n1)c1cccnc1. The van der Waals surface area contributed by atoms with Crippen molar-refractivity contribution in [2.24, 2.45) is 0 Å². The van der Waals surface area contributed by atoms with Crippen LogP contribution in [0.2, 0.25) is 0 Å². The van der Waals surface area contributed by atoms with Crippen molar-refractivity contribution in [3.8, 4) is 0 Å². The lowest BCUT2D eigenvalue weighted by molar-refractivity contribution is 0.0690. The minimum atomic E-state index is -1.03. The third-order valence-electron chi connectivity index (χ3n) is 2.52. The molecule has 1 atom stereocenters. The Bertz CT molecular complexity index is 543. The molecule has 5 heteroatoms. The highest BCUT2D eigenvalue weighted by Crippen LogP contribution is 2.16. The predicted octanol–water partition coefficient (Wildman–Crippen LogP) is 2.35. The van der Waals surface area contributed by atoms with Crippen molar-refractivity contribution < 1.29 is 9.90 Å². The van der Waals surface area contributed by atoms with Crippen LogP contribution in [-0.2, 0) is 0 Å². The fourth-order valence-electron chi connectivity index (χ4n) is 1.57. The van der Waals surface area contributed by atoms with Gasteiger partial charge in [-0.25, -0.2) is 9.78 Å². The standard InChI is InChI=1S/C13H13N3O2/c1-9(10-4-3-7-14-8-10)15-12-6-2-5-11(16-12)13(17)18/h2-9H,1H3,(H,15,16)(H,17,18). The van der Waals surface area contributed by atoms with Crippen molar-refractivity contribution in [3.63, 3.8) is 0 Å². The number of carbonyl (C=O) groups is 1. The molecule has 2 heterocycles. The van der Waals surface area contributed by atoms with Crippen molar-refractivity contribution in [2.75, 3.05) is 5.32 Å². The maximum Gasteiger partial charge on any atom is 0.354 e. The van der Waals surface area contributed by atoms with Crippen LogP contribution in [0.4, 0.5) is 5.82 Å². The first-order chi connectivity index (χ1) is 8.66. The van der Waals surface area contributed by atoms with Gasteiger partial charge in [-0.15, -0.1) is 0 Å². The van der Waals surface area contributed by atoms with E-state index in [-0.39, 0.29) is 11.7 Å². The monoisotopic (exact) mass is 243 g/mol. The molecule has 0 aromatic carbocycles. The quantitative estimate of drug-likeness (QED) is 0.862. The Morgan fingerprint density at radius 2 is 2.17 bits per heavy atom. The number of carboxylic acids is 1. The second-order valence-electron chi connectivity index (χ2n) is 3.87. The number of rotatable bonds is 4. The van der Waals surface area contributed by atoms with Gasteiger partial charge in [0.15, 0.2) is 5.69 Å². The maximum absolute atomic E-state index is 10.8. The van der Waals surface area contributed by atoms with Crippen molar-refractivity contribution in [3.05, 3.63) is 54.0 Å². The summed E-state index contributed by atoms with van der Waals surface area (Å²) in [5, 5.41) is 12.0. The molecule has 2 aromatic rings. The molecule has 0 amide bonds. The Kier molecular flexibility index (Phi) is 3.52. The van der Waals surface area contributed by atoms with E-state index in [4.69, 9.17) is 5.11 Å². The van der Waals surface area contributed by atoms with Crippen LogP contribution in [0.3, 0.4) is 0 Å². The van der Waals surface area contributed by atoms with Crippen LogP contribution in [-0.4, -0.2) is 21.0 Å². The summed E-state index contributed by atoms with van der Waals surface area (Å²) in [6.07, 6.45) is 3.47. The average Bonchev–Trinajstić information content (AvgIpc) is 2.40. The summed E-state index contributed by atoms with van der Waals surface area (Å²) < 4.78 is 0. The Morgan fingerprint density at radius 3 is 2.83 bits per heavy atom. The molecular weight excluding hydrogens is 230 g/mol. The van der Waals surface area contributed by atoms with E-state index < -0.39 is 5.97 Å². The molecule has 0 aliphatic rings. The number of nitrogens with one attached hydrogen (secondary N) is 1. The number of carboxylic acid groups (broad SMARTS) is 1. The second kappa shape index (κ2) is 5.27. The molecule has 18 heavy (non-hydrogen) atoms. The van der Waals surface area contributed by atoms with Gasteiger partial charge in [0, 0.05) is 12.4 Å². The van der Waals surface area contributed by atoms with E-state index in [0.29, 0.717) is 5.82 Å². The highest BCUT2D eigenvalue weighted by Gasteiger charge is 2.08. The van der Waals surface area contributed by atoms with Crippen molar-refractivity contribution in [1.29, 1.82) is 0 Å². The molecule has 1 unspecified atom stereocenters. The van der Waals surface area contributed by atoms with Crippen LogP contribution in [0, 0.1) is 0 Å². The molecule has 0 aliphatic heterocycles. The largest absolute Gasteiger partial charge is 0.477 e. The van der Waals surface area contributed by atoms with E-state index in [1.54, 1.807) is 24.5 Å². The van der Waals surface area contributed by atoms with E-state index in [1.165, 1.54) is 6.07 Å². The van der Waals surface area contributed by atoms with E-state index in [9.17, 15) is 4.79 Å². The fourth-order valence-corrected chi connectivity index (χ4v) is 1.57. The third-order valence-corrected chi connectivity index (χ3v) is 2.52. The molecule has 2 aromatic heterocycles. The summed E-state index contributed by atoms with van der Waals surface area (Å²) in [5.41, 5.74) is 1.04. The highest BCUT2D eigenvalue weighted by atomic mass is 16.4. The first-order valence-corrected chi connectivity index (χ1v) is 5.53. The van der Waals surface area contributed by atoms with Gasteiger partial charge in [0.1, 0.15) is 5.82 Å². The zero-order valence-electron chi connectivity index (χ0n) is 9.87. The Balaban J connectivity index is 2.14. The number of nitrogens with zero attached hydrogens (tertiary/aromatic N) is 2. The van der Waals surface area contributed by atoms with E-state index in [2.05, 4.69) is 15.3 Å². The molecule has 5 nitrogen and oxygen atoms in total. The van der Waals surface area contributed by atoms with Gasteiger partial charge >= 0.3 is 5.97 Å². The zero-order valence-corrected chi connectivity index (χ0v) is 9.87. The topological polar surface area (TPSA) is 75.1 Å². The van der Waals surface area contributed by atoms with Crippen LogP contribution < -0.4 is 5.32 Å². The summed E-state index contributed by atoms with van der Waals surface area (Å²) in [4.78, 5) is 18.9. The molecule has 0 spiro atoms. The van der Waals surface area contributed by atoms with Crippen molar-refractivity contribution >= 4 is 11.8 Å². The Hall–Kier alpha value is -2.43. The lowest BCUT2D eigenvalue weighted by Gasteiger charge is -2.14. The number of aromatic carboxylic acids is 1. The fraction of sp³-hybridized carbons (Fsp3) is 0.154. The summed E-state index contributed by atoms with van der Waals surface area (Å²) >= 11 is 0. The molecule has 0 fully saturated rings. The lowest BCUT2D eigenvalue weighted by Crippen LogP contribution is -2.10. The van der Waals surface area contributed by atoms with Crippen LogP contribution in [0.1, 0.15) is 29.0 Å². The average molecular weight is 243 g/mol. The van der Waals surface area contributed by atoms with E-state index in [0.717, 1.165) is 5.56 Å². The molecule has 2 rings (SSSR count). The van der Waals surface area contributed by atoms with Gasteiger partial charge in [-0.1, -0.05) is 12.1 Å². The maximum atomic E-state index is 10.8. The van der Waals surface area contributed by atoms with Gasteiger partial charge < -0.3 is 10.4 Å². The Labute approximate surface area is 105 Å². The molecule has 0 saturated heterocycles. The van der Waals surface area contributed by atoms with Gasteiger partial charge in [0.25, 0.3) is 0 Å². The Morgan fingerprint density at radius 1 is 1.33 bits per heavy atom. The molecule has 92 valence electrons. The van der Waals surface area contributed by atoms with Gasteiger partial charge in [-0.3, -0.25) is 4.98 Å². The highest BCUT2D eigenvalue weighted by molar-refractivity contribution is 5.85. The second-order valence-corrected chi connectivity index (χ2v) is 3.87. The number of hydrogen-bond acceptors (Lipinski definition) is 4. The lowest BCUT2D eigenvalue weighted by atomic mass is 10.1. The first kappa shape index (κ1) is 12.0. The molecule has 0 saturated carbocycles. The molecule has 2 N–H and O–H groups in total. The van der Waals surface area contributed by atoms with Crippen molar-refractivity contribution in [1.82, 2.24) is 9.97 Å². The number of anilines is 1. The third kappa shape index (κ3) is 2.82. The smallest absolute Gasteiger partial charge is 0.354 e. The van der Waals surface area contributed by atoms with Gasteiger partial charge in [-0.05, 0) is 30.7 Å². The first-order valence-electron chi connectivity index (χ1n) is 5.53. The van der Waals surface area contributed by atoms with Gasteiger partial charge in [0.2, 0.25) is 0 Å². The summed E-state index contributed by atoms with van der Waals surface area (Å²) in [7, 11) is 0. The minimum Gasteiger partial charge on any atom is -0.477 e. The minimum absolute atomic E-state index is 0.00949. The summed E-state index contributed by atoms with van der Waals surface area (Å²) in [6.45, 7) is 1.96. The van der Waals surface area contributed by atoms with Gasteiger partial charge in [-0.2, -0.15) is 0 Å². The summed E-state index contributed by atoms with van der Waals surface area (Å²) in [6, 6.07) is 8.67.